The minimum absolute atomic E-state index is 0.0990. The summed E-state index contributed by atoms with van der Waals surface area (Å²) in [4.78, 5) is 35.4. The standard InChI is InChI=1S/C17H16F6N2O4/c1-16(2)12-13(20)8(17(21,22)23)4-9(19)14(12)25(15(16)29)6-10(26)24-5-7(18)3-11(27)28/h4,7H,3,5-6H2,1-2H3,(H,24,26)(H,27,28)/t7-/m0/s1. The van der Waals surface area contributed by atoms with Gasteiger partial charge in [0.1, 0.15) is 24.4 Å². The van der Waals surface area contributed by atoms with Gasteiger partial charge in [0.2, 0.25) is 11.8 Å². The highest BCUT2D eigenvalue weighted by atomic mass is 19.4. The van der Waals surface area contributed by atoms with Crippen LogP contribution in [0, 0.1) is 11.6 Å². The molecule has 0 saturated carbocycles. The number of nitrogens with zero attached hydrogens (tertiary/aromatic N) is 1. The molecule has 1 atom stereocenters. The lowest BCUT2D eigenvalue weighted by atomic mass is 9.84. The largest absolute Gasteiger partial charge is 0.481 e. The van der Waals surface area contributed by atoms with Gasteiger partial charge in [0.05, 0.1) is 23.1 Å². The molecule has 0 fully saturated rings. The van der Waals surface area contributed by atoms with Gasteiger partial charge in [-0.2, -0.15) is 13.2 Å². The van der Waals surface area contributed by atoms with E-state index in [1.807, 2.05) is 5.32 Å². The molecule has 0 radical (unpaired) electrons. The first-order chi connectivity index (χ1) is 13.2. The molecular formula is C17H16F6N2O4. The van der Waals surface area contributed by atoms with E-state index in [2.05, 4.69) is 0 Å². The second kappa shape index (κ2) is 7.56. The van der Waals surface area contributed by atoms with Crippen LogP contribution in [-0.2, 0) is 26.0 Å². The molecule has 0 spiro atoms. The van der Waals surface area contributed by atoms with Crippen molar-refractivity contribution in [3.8, 4) is 0 Å². The second-order valence-electron chi connectivity index (χ2n) is 6.96. The van der Waals surface area contributed by atoms with E-state index < -0.39 is 83.5 Å². The molecule has 6 nitrogen and oxygen atoms in total. The molecule has 0 aromatic heterocycles. The quantitative estimate of drug-likeness (QED) is 0.685. The van der Waals surface area contributed by atoms with Gasteiger partial charge in [0.25, 0.3) is 0 Å². The Hall–Kier alpha value is -2.79. The number of amides is 2. The van der Waals surface area contributed by atoms with Gasteiger partial charge in [-0.15, -0.1) is 0 Å². The zero-order valence-corrected chi connectivity index (χ0v) is 15.2. The van der Waals surface area contributed by atoms with Crippen LogP contribution in [0.5, 0.6) is 0 Å². The number of carboxylic acids is 1. The molecule has 1 aromatic rings. The van der Waals surface area contributed by atoms with Gasteiger partial charge in [-0.1, -0.05) is 0 Å². The fourth-order valence-electron chi connectivity index (χ4n) is 3.04. The van der Waals surface area contributed by atoms with Crippen molar-refractivity contribution in [3.05, 3.63) is 28.8 Å². The smallest absolute Gasteiger partial charge is 0.419 e. The summed E-state index contributed by atoms with van der Waals surface area (Å²) in [6.45, 7) is 0.530. The molecule has 0 unspecified atom stereocenters. The maximum absolute atomic E-state index is 14.5. The van der Waals surface area contributed by atoms with E-state index in [0.29, 0.717) is 4.90 Å². The first-order valence-corrected chi connectivity index (χ1v) is 8.22. The van der Waals surface area contributed by atoms with E-state index in [1.165, 1.54) is 0 Å². The third-order valence-corrected chi connectivity index (χ3v) is 4.39. The molecule has 2 amide bonds. The lowest BCUT2D eigenvalue weighted by Crippen LogP contribution is -2.44. The topological polar surface area (TPSA) is 86.7 Å². The molecule has 0 bridgehead atoms. The Morgan fingerprint density at radius 3 is 2.38 bits per heavy atom. The maximum Gasteiger partial charge on any atom is 0.419 e. The molecule has 160 valence electrons. The van der Waals surface area contributed by atoms with Crippen LogP contribution < -0.4 is 10.2 Å². The molecule has 2 N–H and O–H groups in total. The Bertz CT molecular complexity index is 868. The van der Waals surface area contributed by atoms with Crippen molar-refractivity contribution in [2.45, 2.75) is 38.0 Å². The van der Waals surface area contributed by atoms with Gasteiger partial charge in [-0.05, 0) is 19.9 Å². The van der Waals surface area contributed by atoms with Gasteiger partial charge in [-0.3, -0.25) is 19.3 Å². The zero-order chi connectivity index (χ0) is 22.3. The molecule has 1 aliphatic heterocycles. The van der Waals surface area contributed by atoms with Crippen LogP contribution in [0.4, 0.5) is 32.0 Å². The number of fused-ring (bicyclic) bond motifs is 1. The second-order valence-corrected chi connectivity index (χ2v) is 6.96. The monoisotopic (exact) mass is 426 g/mol. The van der Waals surface area contributed by atoms with Crippen LogP contribution >= 0.6 is 0 Å². The molecular weight excluding hydrogens is 410 g/mol. The van der Waals surface area contributed by atoms with Gasteiger partial charge < -0.3 is 10.4 Å². The molecule has 0 saturated heterocycles. The highest BCUT2D eigenvalue weighted by Crippen LogP contribution is 2.47. The van der Waals surface area contributed by atoms with E-state index in [-0.39, 0.29) is 6.07 Å². The zero-order valence-electron chi connectivity index (χ0n) is 15.2. The van der Waals surface area contributed by atoms with Crippen molar-refractivity contribution in [2.24, 2.45) is 0 Å². The van der Waals surface area contributed by atoms with E-state index in [4.69, 9.17) is 5.11 Å². The van der Waals surface area contributed by atoms with Crippen LogP contribution in [0.3, 0.4) is 0 Å². The first kappa shape index (κ1) is 22.5. The third kappa shape index (κ3) is 4.30. The third-order valence-electron chi connectivity index (χ3n) is 4.39. The van der Waals surface area contributed by atoms with Gasteiger partial charge in [0, 0.05) is 12.1 Å². The normalized spacial score (nSPS) is 16.6. The summed E-state index contributed by atoms with van der Waals surface area (Å²) in [7, 11) is 0. The number of hydrogen-bond donors (Lipinski definition) is 2. The summed E-state index contributed by atoms with van der Waals surface area (Å²) in [5.41, 5.74) is -5.41. The van der Waals surface area contributed by atoms with Crippen molar-refractivity contribution in [3.63, 3.8) is 0 Å². The average molecular weight is 426 g/mol. The van der Waals surface area contributed by atoms with Crippen LogP contribution in [0.25, 0.3) is 0 Å². The Balaban J connectivity index is 2.34. The number of anilines is 1. The summed E-state index contributed by atoms with van der Waals surface area (Å²) in [6.07, 6.45) is -8.03. The fraction of sp³-hybridized carbons (Fsp3) is 0.471. The van der Waals surface area contributed by atoms with Gasteiger partial charge in [0.15, 0.2) is 0 Å². The minimum Gasteiger partial charge on any atom is -0.481 e. The first-order valence-electron chi connectivity index (χ1n) is 8.22. The van der Waals surface area contributed by atoms with Gasteiger partial charge >= 0.3 is 12.1 Å². The molecule has 1 aliphatic rings. The summed E-state index contributed by atoms with van der Waals surface area (Å²) in [5.74, 6) is -6.87. The van der Waals surface area contributed by atoms with E-state index in [9.17, 15) is 40.7 Å². The van der Waals surface area contributed by atoms with Crippen molar-refractivity contribution in [1.82, 2.24) is 5.32 Å². The molecule has 0 aliphatic carbocycles. The predicted molar refractivity (Wildman–Crippen MR) is 86.9 cm³/mol. The molecule has 29 heavy (non-hydrogen) atoms. The highest BCUT2D eigenvalue weighted by molar-refractivity contribution is 6.10. The summed E-state index contributed by atoms with van der Waals surface area (Å²) in [5, 5.41) is 10.4. The number of rotatable bonds is 6. The van der Waals surface area contributed by atoms with Gasteiger partial charge in [-0.25, -0.2) is 13.2 Å². The van der Waals surface area contributed by atoms with Crippen LogP contribution in [0.1, 0.15) is 31.4 Å². The minimum atomic E-state index is -5.20. The highest BCUT2D eigenvalue weighted by Gasteiger charge is 2.51. The van der Waals surface area contributed by atoms with Crippen molar-refractivity contribution < 1.29 is 45.8 Å². The van der Waals surface area contributed by atoms with Crippen LogP contribution in [-0.4, -0.2) is 42.2 Å². The number of nitrogens with one attached hydrogen (secondary N) is 1. The number of carboxylic acid groups (broad SMARTS) is 1. The van der Waals surface area contributed by atoms with Crippen LogP contribution in [0.15, 0.2) is 6.07 Å². The number of carbonyl (C=O) groups excluding carboxylic acids is 2. The van der Waals surface area contributed by atoms with E-state index >= 15 is 0 Å². The Kier molecular flexibility index (Phi) is 5.87. The molecule has 1 aromatic carbocycles. The summed E-state index contributed by atoms with van der Waals surface area (Å²) < 4.78 is 81.2. The predicted octanol–water partition coefficient (Wildman–Crippen LogP) is 2.54. The summed E-state index contributed by atoms with van der Waals surface area (Å²) >= 11 is 0. The Morgan fingerprint density at radius 2 is 1.86 bits per heavy atom. The molecule has 1 heterocycles. The lowest BCUT2D eigenvalue weighted by Gasteiger charge is -2.20. The summed E-state index contributed by atoms with van der Waals surface area (Å²) in [6, 6.07) is -0.0990. The molecule has 2 rings (SSSR count). The van der Waals surface area contributed by atoms with E-state index in [0.717, 1.165) is 13.8 Å². The number of benzene rings is 1. The number of alkyl halides is 4. The number of halogens is 6. The molecule has 12 heteroatoms. The van der Waals surface area contributed by atoms with E-state index in [1.54, 1.807) is 0 Å². The van der Waals surface area contributed by atoms with Crippen molar-refractivity contribution in [1.29, 1.82) is 0 Å². The average Bonchev–Trinajstić information content (AvgIpc) is 2.76. The number of hydrogen-bond acceptors (Lipinski definition) is 3. The fourth-order valence-corrected chi connectivity index (χ4v) is 3.04. The lowest BCUT2D eigenvalue weighted by molar-refractivity contribution is -0.140. The number of aliphatic carboxylic acids is 1. The van der Waals surface area contributed by atoms with Crippen LogP contribution in [0.2, 0.25) is 0 Å². The SMILES string of the molecule is CC1(C)C(=O)N(CC(=O)NC[C@@H](F)CC(=O)O)c2c(F)cc(C(F)(F)F)c(F)c21. The Labute approximate surface area is 160 Å². The maximum atomic E-state index is 14.5. The Morgan fingerprint density at radius 1 is 1.28 bits per heavy atom. The number of carbonyl (C=O) groups is 3. The van der Waals surface area contributed by atoms with Crippen molar-refractivity contribution in [2.75, 3.05) is 18.0 Å². The van der Waals surface area contributed by atoms with Crippen molar-refractivity contribution >= 4 is 23.5 Å².